The van der Waals surface area contributed by atoms with Crippen molar-refractivity contribution in [2.24, 2.45) is 5.41 Å². The van der Waals surface area contributed by atoms with Gasteiger partial charge in [0, 0.05) is 28.1 Å². The van der Waals surface area contributed by atoms with Crippen LogP contribution >= 0.6 is 31.9 Å². The Hall–Kier alpha value is -1.95. The van der Waals surface area contributed by atoms with Crippen LogP contribution in [0.5, 0.6) is 0 Å². The molecule has 0 aliphatic carbocycles. The van der Waals surface area contributed by atoms with Gasteiger partial charge in [-0.25, -0.2) is 17.9 Å². The van der Waals surface area contributed by atoms with Crippen LogP contribution in [-0.2, 0) is 21.2 Å². The number of hydrogen-bond donors (Lipinski definition) is 3. The Labute approximate surface area is 222 Å². The van der Waals surface area contributed by atoms with Gasteiger partial charge in [-0.2, -0.15) is 0 Å². The van der Waals surface area contributed by atoms with Crippen LogP contribution in [0.1, 0.15) is 32.8 Å². The summed E-state index contributed by atoms with van der Waals surface area (Å²) < 4.78 is 30.0. The molecule has 8 nitrogen and oxygen atoms in total. The molecule has 1 heterocycles. The quantitative estimate of drug-likeness (QED) is 0.420. The summed E-state index contributed by atoms with van der Waals surface area (Å²) in [5.41, 5.74) is -0.768. The molecule has 0 saturated carbocycles. The fourth-order valence-electron chi connectivity index (χ4n) is 4.52. The number of benzene rings is 2. The Morgan fingerprint density at radius 1 is 1.14 bits per heavy atom. The Morgan fingerprint density at radius 2 is 1.80 bits per heavy atom. The lowest BCUT2D eigenvalue weighted by Gasteiger charge is -2.47. The smallest absolute Gasteiger partial charge is 0.407 e. The van der Waals surface area contributed by atoms with Crippen LogP contribution in [0.15, 0.2) is 62.4 Å². The lowest BCUT2D eigenvalue weighted by molar-refractivity contribution is -0.121. The first-order valence-corrected chi connectivity index (χ1v) is 14.1. The van der Waals surface area contributed by atoms with Gasteiger partial charge < -0.3 is 10.4 Å². The van der Waals surface area contributed by atoms with Crippen molar-refractivity contribution in [2.75, 3.05) is 13.1 Å². The molecule has 0 unspecified atom stereocenters. The Bertz CT molecular complexity index is 1200. The highest BCUT2D eigenvalue weighted by molar-refractivity contribution is 9.11. The lowest BCUT2D eigenvalue weighted by Crippen LogP contribution is -2.61. The number of halogens is 2. The van der Waals surface area contributed by atoms with E-state index in [0.717, 1.165) is 5.56 Å². The maximum absolute atomic E-state index is 13.2. The molecule has 3 N–H and O–H groups in total. The molecule has 0 spiro atoms. The van der Waals surface area contributed by atoms with E-state index in [4.69, 9.17) is 0 Å². The summed E-state index contributed by atoms with van der Waals surface area (Å²) in [4.78, 5) is 26.3. The summed E-state index contributed by atoms with van der Waals surface area (Å²) in [5, 5.41) is 13.0. The van der Waals surface area contributed by atoms with E-state index < -0.39 is 33.1 Å². The van der Waals surface area contributed by atoms with E-state index in [2.05, 4.69) is 41.9 Å². The van der Waals surface area contributed by atoms with Crippen LogP contribution in [0.2, 0.25) is 0 Å². The molecular weight excluding hydrogens is 602 g/mol. The van der Waals surface area contributed by atoms with E-state index in [9.17, 15) is 23.1 Å². The monoisotopic (exact) mass is 629 g/mol. The lowest BCUT2D eigenvalue weighted by atomic mass is 9.71. The molecule has 0 aromatic heterocycles. The summed E-state index contributed by atoms with van der Waals surface area (Å²) in [6, 6.07) is 13.4. The molecule has 35 heavy (non-hydrogen) atoms. The van der Waals surface area contributed by atoms with Crippen molar-refractivity contribution < 1.29 is 23.1 Å². The van der Waals surface area contributed by atoms with Gasteiger partial charge in [0.15, 0.2) is 0 Å². The number of nitrogens with zero attached hydrogens (tertiary/aromatic N) is 1. The van der Waals surface area contributed by atoms with Crippen molar-refractivity contribution in [3.8, 4) is 0 Å². The number of sulfonamides is 1. The highest BCUT2D eigenvalue weighted by atomic mass is 79.9. The first-order valence-electron chi connectivity index (χ1n) is 11.0. The van der Waals surface area contributed by atoms with Gasteiger partial charge in [-0.3, -0.25) is 9.69 Å². The van der Waals surface area contributed by atoms with Crippen LogP contribution < -0.4 is 10.0 Å². The minimum Gasteiger partial charge on any atom is -0.465 e. The average molecular weight is 631 g/mol. The van der Waals surface area contributed by atoms with Crippen molar-refractivity contribution in [1.29, 1.82) is 0 Å². The molecule has 0 radical (unpaired) electrons. The molecule has 1 fully saturated rings. The third kappa shape index (κ3) is 6.25. The number of carboxylic acid groups (broad SMARTS) is 1. The van der Waals surface area contributed by atoms with Crippen molar-refractivity contribution in [2.45, 2.75) is 50.1 Å². The summed E-state index contributed by atoms with van der Waals surface area (Å²) in [7, 11) is -3.95. The standard InChI is InChI=1S/C24H29Br2N3O5S/c1-23(2,3)24(15-27-21(30)11-16-7-5-4-6-8-16)13-18(14-29(24)22(31)32)28-35(33,34)20-12-17(25)9-10-19(20)26/h4-10,12,18,28H,11,13-15H2,1-3H3,(H,27,30)(H,31,32)/t18-,24+/m1/s1. The van der Waals surface area contributed by atoms with E-state index in [1.807, 2.05) is 51.1 Å². The third-order valence-electron chi connectivity index (χ3n) is 6.42. The first-order chi connectivity index (χ1) is 16.2. The van der Waals surface area contributed by atoms with Crippen LogP contribution in [0.4, 0.5) is 4.79 Å². The molecule has 1 aliphatic heterocycles. The predicted octanol–water partition coefficient (Wildman–Crippen LogP) is 4.39. The number of nitrogens with one attached hydrogen (secondary N) is 2. The Kier molecular flexibility index (Phi) is 8.35. The highest BCUT2D eigenvalue weighted by Crippen LogP contribution is 2.44. The average Bonchev–Trinajstić information content (AvgIpc) is 3.14. The van der Waals surface area contributed by atoms with Crippen molar-refractivity contribution in [3.05, 3.63) is 63.0 Å². The molecule has 0 bridgehead atoms. The maximum atomic E-state index is 13.2. The molecule has 11 heteroatoms. The Morgan fingerprint density at radius 3 is 2.40 bits per heavy atom. The van der Waals surface area contributed by atoms with Crippen LogP contribution in [0, 0.1) is 5.41 Å². The second kappa shape index (κ2) is 10.6. The normalized spacial score (nSPS) is 20.6. The Balaban J connectivity index is 1.84. The van der Waals surface area contributed by atoms with Gasteiger partial charge in [-0.05, 0) is 51.5 Å². The van der Waals surface area contributed by atoms with Gasteiger partial charge in [-0.1, -0.05) is 67.0 Å². The zero-order valence-electron chi connectivity index (χ0n) is 19.7. The van der Waals surface area contributed by atoms with E-state index in [1.54, 1.807) is 12.1 Å². The first kappa shape index (κ1) is 27.6. The molecule has 2 aromatic rings. The molecule has 2 atom stereocenters. The number of amides is 2. The van der Waals surface area contributed by atoms with Crippen LogP contribution in [-0.4, -0.2) is 55.1 Å². The second-order valence-corrected chi connectivity index (χ2v) is 13.2. The molecule has 2 amide bonds. The van der Waals surface area contributed by atoms with Gasteiger partial charge in [-0.15, -0.1) is 0 Å². The fourth-order valence-corrected chi connectivity index (χ4v) is 7.25. The van der Waals surface area contributed by atoms with E-state index >= 15 is 0 Å². The van der Waals surface area contributed by atoms with Crippen LogP contribution in [0.3, 0.4) is 0 Å². The van der Waals surface area contributed by atoms with E-state index in [-0.39, 0.29) is 36.7 Å². The summed E-state index contributed by atoms with van der Waals surface area (Å²) in [6.07, 6.45) is -0.789. The van der Waals surface area contributed by atoms with E-state index in [1.165, 1.54) is 11.0 Å². The molecular formula is C24H29Br2N3O5S. The molecule has 1 aliphatic rings. The molecule has 3 rings (SSSR count). The molecule has 2 aromatic carbocycles. The van der Waals surface area contributed by atoms with Crippen molar-refractivity contribution >= 4 is 53.9 Å². The summed E-state index contributed by atoms with van der Waals surface area (Å²) in [6.45, 7) is 5.72. The maximum Gasteiger partial charge on any atom is 0.407 e. The number of hydrogen-bond acceptors (Lipinski definition) is 4. The van der Waals surface area contributed by atoms with Gasteiger partial charge in [0.2, 0.25) is 15.9 Å². The second-order valence-electron chi connectivity index (χ2n) is 9.71. The zero-order chi connectivity index (χ0) is 26.0. The van der Waals surface area contributed by atoms with Gasteiger partial charge in [0.1, 0.15) is 0 Å². The number of rotatable bonds is 7. The minimum absolute atomic E-state index is 0.0357. The number of carbonyl (C=O) groups is 2. The highest BCUT2D eigenvalue weighted by Gasteiger charge is 2.55. The van der Waals surface area contributed by atoms with Gasteiger partial charge >= 0.3 is 6.09 Å². The minimum atomic E-state index is -3.95. The molecule has 1 saturated heterocycles. The van der Waals surface area contributed by atoms with Gasteiger partial charge in [0.05, 0.1) is 16.9 Å². The zero-order valence-corrected chi connectivity index (χ0v) is 23.7. The summed E-state index contributed by atoms with van der Waals surface area (Å²) in [5.74, 6) is -0.229. The van der Waals surface area contributed by atoms with Gasteiger partial charge in [0.25, 0.3) is 0 Å². The fraction of sp³-hybridized carbons (Fsp3) is 0.417. The molecule has 190 valence electrons. The van der Waals surface area contributed by atoms with Crippen molar-refractivity contribution in [1.82, 2.24) is 14.9 Å². The van der Waals surface area contributed by atoms with Crippen LogP contribution in [0.25, 0.3) is 0 Å². The topological polar surface area (TPSA) is 116 Å². The SMILES string of the molecule is CC(C)(C)[C@@]1(CNC(=O)Cc2ccccc2)C[C@@H](NS(=O)(=O)c2cc(Br)ccc2Br)CN1C(=O)O. The van der Waals surface area contributed by atoms with Crippen molar-refractivity contribution in [3.63, 3.8) is 0 Å². The predicted molar refractivity (Wildman–Crippen MR) is 141 cm³/mol. The third-order valence-corrected chi connectivity index (χ3v) is 9.43. The number of likely N-dealkylation sites (tertiary alicyclic amines) is 1. The largest absolute Gasteiger partial charge is 0.465 e. The summed E-state index contributed by atoms with van der Waals surface area (Å²) >= 11 is 6.57. The number of carbonyl (C=O) groups excluding carboxylic acids is 1. The van der Waals surface area contributed by atoms with E-state index in [0.29, 0.717) is 8.95 Å².